The molecule has 0 fully saturated rings. The highest BCUT2D eigenvalue weighted by atomic mass is 79.9. The average molecular weight is 459 g/mol. The summed E-state index contributed by atoms with van der Waals surface area (Å²) < 4.78 is 16.0. The molecular formula is C21H19BrN2O5. The summed E-state index contributed by atoms with van der Waals surface area (Å²) in [7, 11) is 2.78. The predicted octanol–water partition coefficient (Wildman–Crippen LogP) is 3.82. The van der Waals surface area contributed by atoms with Crippen molar-refractivity contribution in [1.82, 2.24) is 0 Å². The summed E-state index contributed by atoms with van der Waals surface area (Å²) in [6.45, 7) is 1.54. The molecule has 0 saturated carbocycles. The van der Waals surface area contributed by atoms with Crippen LogP contribution in [-0.2, 0) is 14.3 Å². The van der Waals surface area contributed by atoms with E-state index < -0.39 is 5.97 Å². The third kappa shape index (κ3) is 4.48. The lowest BCUT2D eigenvalue weighted by atomic mass is 10.1. The van der Waals surface area contributed by atoms with Gasteiger partial charge in [-0.15, -0.1) is 0 Å². The zero-order chi connectivity index (χ0) is 21.0. The van der Waals surface area contributed by atoms with Gasteiger partial charge in [0.25, 0.3) is 5.91 Å². The maximum Gasteiger partial charge on any atom is 0.343 e. The van der Waals surface area contributed by atoms with Gasteiger partial charge in [-0.1, -0.05) is 18.2 Å². The van der Waals surface area contributed by atoms with Gasteiger partial charge in [-0.25, -0.2) is 4.79 Å². The van der Waals surface area contributed by atoms with Crippen molar-refractivity contribution in [2.75, 3.05) is 25.8 Å². The van der Waals surface area contributed by atoms with E-state index in [1.165, 1.54) is 19.2 Å². The van der Waals surface area contributed by atoms with Crippen molar-refractivity contribution in [3.8, 4) is 11.5 Å². The van der Waals surface area contributed by atoms with Crippen molar-refractivity contribution < 1.29 is 23.8 Å². The minimum absolute atomic E-state index is 0.213. The fraction of sp³-hybridized carbons (Fsp3) is 0.190. The highest BCUT2D eigenvalue weighted by Gasteiger charge is 2.28. The minimum Gasteiger partial charge on any atom is -0.493 e. The first-order valence-electron chi connectivity index (χ1n) is 8.68. The normalized spacial score (nSPS) is 14.8. The molecule has 3 rings (SSSR count). The van der Waals surface area contributed by atoms with Crippen LogP contribution in [0, 0.1) is 0 Å². The van der Waals surface area contributed by atoms with E-state index in [1.807, 2.05) is 30.3 Å². The molecule has 1 aliphatic heterocycles. The molecule has 1 amide bonds. The van der Waals surface area contributed by atoms with Crippen LogP contribution in [0.25, 0.3) is 6.08 Å². The number of anilines is 1. The fourth-order valence-corrected chi connectivity index (χ4v) is 3.32. The number of nitrogens with zero attached hydrogens (tertiary/aromatic N) is 2. The topological polar surface area (TPSA) is 77.4 Å². The summed E-state index contributed by atoms with van der Waals surface area (Å²) in [6, 6.07) is 12.7. The van der Waals surface area contributed by atoms with E-state index in [0.717, 1.165) is 0 Å². The summed E-state index contributed by atoms with van der Waals surface area (Å²) in [5, 5.41) is 5.75. The third-order valence-corrected chi connectivity index (χ3v) is 4.78. The molecule has 7 nitrogen and oxygen atoms in total. The Bertz CT molecular complexity index is 1000. The van der Waals surface area contributed by atoms with Gasteiger partial charge < -0.3 is 14.2 Å². The number of benzene rings is 2. The molecule has 29 heavy (non-hydrogen) atoms. The summed E-state index contributed by atoms with van der Waals surface area (Å²) in [4.78, 5) is 24.2. The number of halogens is 1. The van der Waals surface area contributed by atoms with Gasteiger partial charge in [-0.2, -0.15) is 10.1 Å². The number of hydrogen-bond donors (Lipinski definition) is 0. The highest BCUT2D eigenvalue weighted by Crippen LogP contribution is 2.37. The second-order valence-electron chi connectivity index (χ2n) is 6.09. The predicted molar refractivity (Wildman–Crippen MR) is 113 cm³/mol. The number of ether oxygens (including phenoxy) is 3. The molecule has 0 aromatic heterocycles. The van der Waals surface area contributed by atoms with Gasteiger partial charge in [0.05, 0.1) is 35.7 Å². The molecule has 0 aliphatic carbocycles. The number of carbonyl (C=O) groups is 2. The van der Waals surface area contributed by atoms with Crippen LogP contribution in [0.3, 0.4) is 0 Å². The minimum atomic E-state index is -0.505. The van der Waals surface area contributed by atoms with Gasteiger partial charge in [0.2, 0.25) is 0 Å². The molecule has 2 aromatic rings. The number of carbonyl (C=O) groups excluding carboxylic acids is 2. The van der Waals surface area contributed by atoms with Crippen LogP contribution in [0.2, 0.25) is 0 Å². The molecule has 0 unspecified atom stereocenters. The molecule has 1 aliphatic rings. The van der Waals surface area contributed by atoms with E-state index in [2.05, 4.69) is 25.8 Å². The van der Waals surface area contributed by atoms with Crippen LogP contribution >= 0.6 is 15.9 Å². The van der Waals surface area contributed by atoms with E-state index in [9.17, 15) is 9.59 Å². The Morgan fingerprint density at radius 1 is 1.21 bits per heavy atom. The SMILES string of the molecule is COC(=O)COc1c(Br)cc(/C=C2/C(=O)N(c3ccccc3)N=C2C)cc1OC. The summed E-state index contributed by atoms with van der Waals surface area (Å²) in [6.07, 6.45) is 1.74. The third-order valence-electron chi connectivity index (χ3n) is 4.19. The first-order valence-corrected chi connectivity index (χ1v) is 9.47. The lowest BCUT2D eigenvalue weighted by Crippen LogP contribution is -2.21. The number of hydrogen-bond acceptors (Lipinski definition) is 6. The quantitative estimate of drug-likeness (QED) is 0.485. The van der Waals surface area contributed by atoms with Crippen LogP contribution in [0.15, 0.2) is 57.6 Å². The van der Waals surface area contributed by atoms with Gasteiger partial charge in [-0.05, 0) is 58.8 Å². The van der Waals surface area contributed by atoms with Gasteiger partial charge in [0.1, 0.15) is 0 Å². The Labute approximate surface area is 176 Å². The monoisotopic (exact) mass is 458 g/mol. The number of esters is 1. The molecule has 0 saturated heterocycles. The molecule has 0 radical (unpaired) electrons. The Kier molecular flexibility index (Phi) is 6.33. The molecule has 0 atom stereocenters. The maximum atomic E-state index is 12.9. The van der Waals surface area contributed by atoms with Gasteiger partial charge in [0, 0.05) is 0 Å². The van der Waals surface area contributed by atoms with Gasteiger partial charge >= 0.3 is 5.97 Å². The molecule has 8 heteroatoms. The zero-order valence-corrected chi connectivity index (χ0v) is 17.7. The first kappa shape index (κ1) is 20.6. The van der Waals surface area contributed by atoms with E-state index in [-0.39, 0.29) is 12.5 Å². The second-order valence-corrected chi connectivity index (χ2v) is 6.95. The molecule has 0 bridgehead atoms. The van der Waals surface area contributed by atoms with Crippen molar-refractivity contribution in [1.29, 1.82) is 0 Å². The Balaban J connectivity index is 1.90. The van der Waals surface area contributed by atoms with Crippen molar-refractivity contribution in [2.24, 2.45) is 5.10 Å². The summed E-state index contributed by atoms with van der Waals surface area (Å²) >= 11 is 3.43. The van der Waals surface area contributed by atoms with Crippen molar-refractivity contribution >= 4 is 45.3 Å². The maximum absolute atomic E-state index is 12.9. The van der Waals surface area contributed by atoms with Crippen molar-refractivity contribution in [3.63, 3.8) is 0 Å². The van der Waals surface area contributed by atoms with Crippen molar-refractivity contribution in [2.45, 2.75) is 6.92 Å². The molecule has 150 valence electrons. The first-order chi connectivity index (χ1) is 13.9. The van der Waals surface area contributed by atoms with E-state index in [4.69, 9.17) is 9.47 Å². The standard InChI is InChI=1S/C21H19BrN2O5/c1-13-16(21(26)24(23-13)15-7-5-4-6-8-15)9-14-10-17(22)20(18(11-14)27-2)29-12-19(25)28-3/h4-11H,12H2,1-3H3/b16-9+. The lowest BCUT2D eigenvalue weighted by molar-refractivity contribution is -0.142. The summed E-state index contributed by atoms with van der Waals surface area (Å²) in [5.41, 5.74) is 2.50. The van der Waals surface area contributed by atoms with Crippen LogP contribution in [0.1, 0.15) is 12.5 Å². The van der Waals surface area contributed by atoms with Gasteiger partial charge in [-0.3, -0.25) is 4.79 Å². The number of hydrazone groups is 1. The van der Waals surface area contributed by atoms with Crippen LogP contribution in [0.5, 0.6) is 11.5 Å². The smallest absolute Gasteiger partial charge is 0.343 e. The second kappa shape index (κ2) is 8.91. The number of methoxy groups -OCH3 is 2. The number of amides is 1. The van der Waals surface area contributed by atoms with Gasteiger partial charge in [0.15, 0.2) is 18.1 Å². The largest absolute Gasteiger partial charge is 0.493 e. The number of para-hydroxylation sites is 1. The molecular weight excluding hydrogens is 440 g/mol. The van der Waals surface area contributed by atoms with E-state index in [0.29, 0.717) is 38.5 Å². The fourth-order valence-electron chi connectivity index (χ4n) is 2.75. The lowest BCUT2D eigenvalue weighted by Gasteiger charge is -2.13. The van der Waals surface area contributed by atoms with Crippen LogP contribution in [0.4, 0.5) is 5.69 Å². The average Bonchev–Trinajstić information content (AvgIpc) is 3.01. The van der Waals surface area contributed by atoms with Crippen LogP contribution < -0.4 is 14.5 Å². The van der Waals surface area contributed by atoms with Crippen molar-refractivity contribution in [3.05, 3.63) is 58.1 Å². The van der Waals surface area contributed by atoms with E-state index >= 15 is 0 Å². The molecule has 2 aromatic carbocycles. The molecule has 0 N–H and O–H groups in total. The van der Waals surface area contributed by atoms with Crippen LogP contribution in [-0.4, -0.2) is 38.4 Å². The molecule has 0 spiro atoms. The van der Waals surface area contributed by atoms with E-state index in [1.54, 1.807) is 25.1 Å². The highest BCUT2D eigenvalue weighted by molar-refractivity contribution is 9.10. The Morgan fingerprint density at radius 2 is 1.93 bits per heavy atom. The zero-order valence-electron chi connectivity index (χ0n) is 16.1. The Morgan fingerprint density at radius 3 is 2.59 bits per heavy atom. The number of rotatable bonds is 6. The summed E-state index contributed by atoms with van der Waals surface area (Å²) in [5.74, 6) is 0.0635. The molecule has 1 heterocycles. The Hall–Kier alpha value is -3.13.